The van der Waals surface area contributed by atoms with Crippen molar-refractivity contribution in [3.63, 3.8) is 0 Å². The van der Waals surface area contributed by atoms with Crippen LogP contribution in [-0.2, 0) is 12.6 Å². The zero-order valence-electron chi connectivity index (χ0n) is 11.4. The molecule has 0 aliphatic heterocycles. The third kappa shape index (κ3) is 4.74. The Morgan fingerprint density at radius 1 is 1.26 bits per heavy atom. The summed E-state index contributed by atoms with van der Waals surface area (Å²) in [7, 11) is 1.38. The Morgan fingerprint density at radius 3 is 2.37 bits per heavy atom. The van der Waals surface area contributed by atoms with E-state index in [1.165, 1.54) is 13.2 Å². The van der Waals surface area contributed by atoms with Gasteiger partial charge in [-0.15, -0.1) is 0 Å². The summed E-state index contributed by atoms with van der Waals surface area (Å²) >= 11 is 0. The molecule has 0 heterocycles. The van der Waals surface area contributed by atoms with Crippen LogP contribution in [0, 0.1) is 5.92 Å². The van der Waals surface area contributed by atoms with E-state index in [9.17, 15) is 13.2 Å². The SMILES string of the molecule is COc1cc(C(F)(F)F)ccc1CC(C)CC(C)N. The highest BCUT2D eigenvalue weighted by Crippen LogP contribution is 2.34. The maximum atomic E-state index is 12.6. The average Bonchev–Trinajstić information content (AvgIpc) is 2.26. The molecule has 2 N–H and O–H groups in total. The van der Waals surface area contributed by atoms with E-state index < -0.39 is 11.7 Å². The summed E-state index contributed by atoms with van der Waals surface area (Å²) in [5.41, 5.74) is 5.81. The maximum Gasteiger partial charge on any atom is 0.416 e. The van der Waals surface area contributed by atoms with Crippen LogP contribution in [0.3, 0.4) is 0 Å². The van der Waals surface area contributed by atoms with E-state index in [-0.39, 0.29) is 11.8 Å². The number of rotatable bonds is 5. The first-order valence-electron chi connectivity index (χ1n) is 6.23. The Kier molecular flexibility index (Phi) is 5.23. The topological polar surface area (TPSA) is 35.2 Å². The molecule has 2 atom stereocenters. The highest BCUT2D eigenvalue weighted by molar-refractivity contribution is 5.39. The molecule has 1 aromatic rings. The molecular formula is C14H20F3NO. The molecule has 2 unspecified atom stereocenters. The predicted molar refractivity (Wildman–Crippen MR) is 69.1 cm³/mol. The van der Waals surface area contributed by atoms with E-state index in [2.05, 4.69) is 0 Å². The number of alkyl halides is 3. The monoisotopic (exact) mass is 275 g/mol. The summed E-state index contributed by atoms with van der Waals surface area (Å²) in [5.74, 6) is 0.581. The van der Waals surface area contributed by atoms with Gasteiger partial charge in [-0.2, -0.15) is 13.2 Å². The van der Waals surface area contributed by atoms with Gasteiger partial charge in [-0.1, -0.05) is 13.0 Å². The van der Waals surface area contributed by atoms with E-state index >= 15 is 0 Å². The van der Waals surface area contributed by atoms with Crippen molar-refractivity contribution in [1.82, 2.24) is 0 Å². The van der Waals surface area contributed by atoms with E-state index in [4.69, 9.17) is 10.5 Å². The van der Waals surface area contributed by atoms with E-state index in [0.717, 1.165) is 24.1 Å². The Bertz CT molecular complexity index is 416. The van der Waals surface area contributed by atoms with Crippen molar-refractivity contribution in [2.24, 2.45) is 11.7 Å². The number of benzene rings is 1. The molecule has 0 bridgehead atoms. The Hall–Kier alpha value is -1.23. The molecule has 0 spiro atoms. The third-order valence-corrected chi connectivity index (χ3v) is 2.96. The molecule has 0 aliphatic carbocycles. The van der Waals surface area contributed by atoms with Crippen LogP contribution >= 0.6 is 0 Å². The quantitative estimate of drug-likeness (QED) is 0.890. The Balaban J connectivity index is 2.90. The first-order valence-corrected chi connectivity index (χ1v) is 6.23. The molecule has 0 aliphatic rings. The van der Waals surface area contributed by atoms with Gasteiger partial charge in [0, 0.05) is 6.04 Å². The summed E-state index contributed by atoms with van der Waals surface area (Å²) in [6, 6.07) is 3.71. The fourth-order valence-corrected chi connectivity index (χ4v) is 2.18. The summed E-state index contributed by atoms with van der Waals surface area (Å²) in [6.45, 7) is 3.95. The first kappa shape index (κ1) is 15.8. The van der Waals surface area contributed by atoms with Crippen molar-refractivity contribution in [2.45, 2.75) is 38.9 Å². The van der Waals surface area contributed by atoms with Crippen LogP contribution in [0.2, 0.25) is 0 Å². The van der Waals surface area contributed by atoms with Gasteiger partial charge in [0.2, 0.25) is 0 Å². The number of halogens is 3. The number of ether oxygens (including phenoxy) is 1. The maximum absolute atomic E-state index is 12.6. The largest absolute Gasteiger partial charge is 0.496 e. The molecule has 0 saturated carbocycles. The lowest BCUT2D eigenvalue weighted by atomic mass is 9.94. The Labute approximate surface area is 111 Å². The van der Waals surface area contributed by atoms with Gasteiger partial charge in [0.05, 0.1) is 12.7 Å². The summed E-state index contributed by atoms with van der Waals surface area (Å²) in [6.07, 6.45) is -2.86. The lowest BCUT2D eigenvalue weighted by molar-refractivity contribution is -0.137. The minimum atomic E-state index is -4.34. The molecule has 2 nitrogen and oxygen atoms in total. The average molecular weight is 275 g/mol. The predicted octanol–water partition coefficient (Wildman–Crippen LogP) is 3.63. The van der Waals surface area contributed by atoms with Gasteiger partial charge < -0.3 is 10.5 Å². The van der Waals surface area contributed by atoms with Crippen LogP contribution < -0.4 is 10.5 Å². The lowest BCUT2D eigenvalue weighted by Gasteiger charge is -2.17. The fraction of sp³-hybridized carbons (Fsp3) is 0.571. The van der Waals surface area contributed by atoms with Gasteiger partial charge in [-0.25, -0.2) is 0 Å². The van der Waals surface area contributed by atoms with Crippen LogP contribution in [0.15, 0.2) is 18.2 Å². The van der Waals surface area contributed by atoms with Gasteiger partial charge in [0.1, 0.15) is 5.75 Å². The second-order valence-electron chi connectivity index (χ2n) is 5.05. The van der Waals surface area contributed by atoms with Crippen LogP contribution in [0.4, 0.5) is 13.2 Å². The van der Waals surface area contributed by atoms with Gasteiger partial charge >= 0.3 is 6.18 Å². The van der Waals surface area contributed by atoms with Crippen molar-refractivity contribution in [3.05, 3.63) is 29.3 Å². The minimum absolute atomic E-state index is 0.0791. The van der Waals surface area contributed by atoms with Crippen LogP contribution in [0.25, 0.3) is 0 Å². The van der Waals surface area contributed by atoms with Gasteiger partial charge in [0.15, 0.2) is 0 Å². The highest BCUT2D eigenvalue weighted by atomic mass is 19.4. The van der Waals surface area contributed by atoms with Gasteiger partial charge in [0.25, 0.3) is 0 Å². The van der Waals surface area contributed by atoms with Crippen molar-refractivity contribution < 1.29 is 17.9 Å². The van der Waals surface area contributed by atoms with E-state index in [0.29, 0.717) is 12.3 Å². The molecule has 0 fully saturated rings. The molecule has 108 valence electrons. The van der Waals surface area contributed by atoms with Crippen molar-refractivity contribution in [2.75, 3.05) is 7.11 Å². The standard InChI is InChI=1S/C14H20F3NO/c1-9(6-10(2)18)7-11-4-5-12(14(15,16)17)8-13(11)19-3/h4-5,8-10H,6-7,18H2,1-3H3. The second-order valence-corrected chi connectivity index (χ2v) is 5.05. The molecule has 5 heteroatoms. The van der Waals surface area contributed by atoms with Crippen molar-refractivity contribution in [3.8, 4) is 5.75 Å². The van der Waals surface area contributed by atoms with Crippen LogP contribution in [0.1, 0.15) is 31.4 Å². The second kappa shape index (κ2) is 6.28. The summed E-state index contributed by atoms with van der Waals surface area (Å²) in [4.78, 5) is 0. The van der Waals surface area contributed by atoms with Gasteiger partial charge in [-0.3, -0.25) is 0 Å². The van der Waals surface area contributed by atoms with Crippen LogP contribution in [-0.4, -0.2) is 13.2 Å². The minimum Gasteiger partial charge on any atom is -0.496 e. The molecular weight excluding hydrogens is 255 g/mol. The number of hydrogen-bond donors (Lipinski definition) is 1. The van der Waals surface area contributed by atoms with E-state index in [1.807, 2.05) is 13.8 Å². The zero-order chi connectivity index (χ0) is 14.6. The first-order chi connectivity index (χ1) is 8.74. The number of nitrogens with two attached hydrogens (primary N) is 1. The molecule has 1 aromatic carbocycles. The lowest BCUT2D eigenvalue weighted by Crippen LogP contribution is -2.19. The molecule has 0 amide bonds. The van der Waals surface area contributed by atoms with Crippen molar-refractivity contribution >= 4 is 0 Å². The molecule has 0 saturated heterocycles. The van der Waals surface area contributed by atoms with Crippen LogP contribution in [0.5, 0.6) is 5.75 Å². The summed E-state index contributed by atoms with van der Waals surface area (Å²) in [5, 5.41) is 0. The molecule has 0 aromatic heterocycles. The smallest absolute Gasteiger partial charge is 0.416 e. The zero-order valence-corrected chi connectivity index (χ0v) is 11.4. The fourth-order valence-electron chi connectivity index (χ4n) is 2.18. The van der Waals surface area contributed by atoms with E-state index in [1.54, 1.807) is 0 Å². The highest BCUT2D eigenvalue weighted by Gasteiger charge is 2.31. The van der Waals surface area contributed by atoms with Crippen molar-refractivity contribution in [1.29, 1.82) is 0 Å². The number of methoxy groups -OCH3 is 1. The third-order valence-electron chi connectivity index (χ3n) is 2.96. The van der Waals surface area contributed by atoms with Gasteiger partial charge in [-0.05, 0) is 43.4 Å². The Morgan fingerprint density at radius 2 is 1.89 bits per heavy atom. The molecule has 0 radical (unpaired) electrons. The summed E-state index contributed by atoms with van der Waals surface area (Å²) < 4.78 is 42.9. The molecule has 19 heavy (non-hydrogen) atoms. The normalized spacial score (nSPS) is 15.1. The molecule has 1 rings (SSSR count). The number of hydrogen-bond acceptors (Lipinski definition) is 2.